The van der Waals surface area contributed by atoms with E-state index >= 15 is 0 Å². The summed E-state index contributed by atoms with van der Waals surface area (Å²) in [5.41, 5.74) is 5.46. The minimum Gasteiger partial charge on any atom is -0.358 e. The van der Waals surface area contributed by atoms with Crippen LogP contribution in [0.1, 0.15) is 0 Å². The van der Waals surface area contributed by atoms with Crippen molar-refractivity contribution in [2.45, 2.75) is 78.6 Å². The van der Waals surface area contributed by atoms with Gasteiger partial charge in [-0.05, 0) is 21.5 Å². The minimum atomic E-state index is -2.85. The molecule has 316 valence electrons. The van der Waals surface area contributed by atoms with Crippen molar-refractivity contribution in [3.05, 3.63) is 173 Å². The molecule has 62 heavy (non-hydrogen) atoms. The topological polar surface area (TPSA) is 0 Å². The molecule has 0 atom stereocenters. The zero-order chi connectivity index (χ0) is 42.1. The fraction of sp³-hybridized carbons (Fsp3) is 0.214. The monoisotopic (exact) mass is 1060 g/mol. The standard InChI is InChI=1S/C54H62Si5.2CH3.Hf/c1-55(2,3)45-31-41(32-46(35-45)56(4,5)6)51-27-19-21-39-29-49(37-53(39)51)59(43-23-15-13-16-24-43,44-25-17-14-18-26-44)50-30-40-22-20-28-52(54(40)38-50)42-33-47(57(7,8)9)36-48(34-42)58(10,11)12;;;/h13-38H,1-12H3;2*1H3;/q-2;2*-1;+4. The van der Waals surface area contributed by atoms with Crippen molar-refractivity contribution in [2.24, 2.45) is 0 Å². The Hall–Kier alpha value is -3.51. The summed E-state index contributed by atoms with van der Waals surface area (Å²) < 4.78 is 0. The van der Waals surface area contributed by atoms with Crippen molar-refractivity contribution in [1.82, 2.24) is 0 Å². The van der Waals surface area contributed by atoms with Crippen LogP contribution in [0, 0.1) is 14.9 Å². The fourth-order valence-electron chi connectivity index (χ4n) is 9.08. The van der Waals surface area contributed by atoms with Crippen LogP contribution in [0.3, 0.4) is 0 Å². The fourth-order valence-corrected chi connectivity index (χ4v) is 18.9. The molecule has 0 aromatic heterocycles. The second kappa shape index (κ2) is 18.2. The Balaban J connectivity index is 0.00000242. The largest absolute Gasteiger partial charge is 4.00 e. The van der Waals surface area contributed by atoms with Gasteiger partial charge < -0.3 is 14.9 Å². The van der Waals surface area contributed by atoms with Crippen LogP contribution in [0.2, 0.25) is 78.6 Å². The predicted molar refractivity (Wildman–Crippen MR) is 292 cm³/mol. The van der Waals surface area contributed by atoms with Crippen molar-refractivity contribution in [3.63, 3.8) is 0 Å². The van der Waals surface area contributed by atoms with Crippen LogP contribution < -0.4 is 41.5 Å². The van der Waals surface area contributed by atoms with Crippen LogP contribution in [0.4, 0.5) is 0 Å². The van der Waals surface area contributed by atoms with Gasteiger partial charge in [-0.15, -0.1) is 68.3 Å². The minimum absolute atomic E-state index is 0. The second-order valence-electron chi connectivity index (χ2n) is 21.2. The van der Waals surface area contributed by atoms with Crippen molar-refractivity contribution >= 4 is 103 Å². The molecule has 8 rings (SSSR count). The maximum Gasteiger partial charge on any atom is 4.00 e. The Morgan fingerprint density at radius 3 is 0.919 bits per heavy atom. The average molecular weight is 1060 g/mol. The molecule has 0 unspecified atom stereocenters. The molecule has 0 amide bonds. The number of hydrogen-bond acceptors (Lipinski definition) is 0. The van der Waals surface area contributed by atoms with Gasteiger partial charge in [-0.1, -0.05) is 220 Å². The Bertz CT molecular complexity index is 2540. The maximum absolute atomic E-state index is 2.85. The van der Waals surface area contributed by atoms with E-state index in [9.17, 15) is 0 Å². The first-order valence-electron chi connectivity index (χ1n) is 21.6. The summed E-state index contributed by atoms with van der Waals surface area (Å²) in [5.74, 6) is 0. The maximum atomic E-state index is 2.60. The summed E-state index contributed by atoms with van der Waals surface area (Å²) in [6, 6.07) is 62.6. The van der Waals surface area contributed by atoms with E-state index in [4.69, 9.17) is 0 Å². The van der Waals surface area contributed by atoms with E-state index in [1.807, 2.05) is 0 Å². The molecule has 0 aliphatic carbocycles. The third-order valence-electron chi connectivity index (χ3n) is 12.7. The van der Waals surface area contributed by atoms with Gasteiger partial charge in [-0.3, -0.25) is 0 Å². The van der Waals surface area contributed by atoms with Crippen LogP contribution >= 0.6 is 0 Å². The van der Waals surface area contributed by atoms with Gasteiger partial charge in [0.2, 0.25) is 0 Å². The van der Waals surface area contributed by atoms with Gasteiger partial charge in [0, 0.05) is 0 Å². The molecule has 0 aliphatic heterocycles. The Kier molecular flexibility index (Phi) is 14.5. The van der Waals surface area contributed by atoms with Crippen molar-refractivity contribution in [3.8, 4) is 22.3 Å². The molecule has 0 aliphatic rings. The van der Waals surface area contributed by atoms with E-state index < -0.39 is 40.4 Å². The summed E-state index contributed by atoms with van der Waals surface area (Å²) >= 11 is 0. The molecule has 0 saturated carbocycles. The quantitative estimate of drug-likeness (QED) is 0.0946. The zero-order valence-corrected chi connectivity index (χ0v) is 48.6. The zero-order valence-electron chi connectivity index (χ0n) is 40.0. The number of hydrogen-bond donors (Lipinski definition) is 0. The molecule has 0 bridgehead atoms. The predicted octanol–water partition coefficient (Wildman–Crippen LogP) is 11.2. The van der Waals surface area contributed by atoms with Gasteiger partial charge in [0.05, 0.1) is 32.3 Å². The third-order valence-corrected chi connectivity index (χ3v) is 25.5. The van der Waals surface area contributed by atoms with Crippen molar-refractivity contribution in [2.75, 3.05) is 0 Å². The summed E-state index contributed by atoms with van der Waals surface area (Å²) in [5, 5.41) is 17.3. The van der Waals surface area contributed by atoms with Gasteiger partial charge in [0.15, 0.2) is 0 Å². The van der Waals surface area contributed by atoms with E-state index in [0.29, 0.717) is 0 Å². The summed E-state index contributed by atoms with van der Waals surface area (Å²) in [6.07, 6.45) is 0. The molecule has 8 aromatic carbocycles. The molecule has 0 spiro atoms. The Labute approximate surface area is 399 Å². The van der Waals surface area contributed by atoms with Crippen LogP contribution in [-0.4, -0.2) is 40.4 Å². The van der Waals surface area contributed by atoms with E-state index in [1.54, 1.807) is 20.7 Å². The van der Waals surface area contributed by atoms with Crippen LogP contribution in [0.25, 0.3) is 43.8 Å². The van der Waals surface area contributed by atoms with Crippen LogP contribution in [0.15, 0.2) is 158 Å². The number of fused-ring (bicyclic) bond motifs is 2. The van der Waals surface area contributed by atoms with Crippen molar-refractivity contribution < 1.29 is 25.8 Å². The normalized spacial score (nSPS) is 12.5. The molecule has 0 heterocycles. The summed E-state index contributed by atoms with van der Waals surface area (Å²) in [7, 11) is -9.13. The smallest absolute Gasteiger partial charge is 0.358 e. The van der Waals surface area contributed by atoms with Crippen LogP contribution in [-0.2, 0) is 25.8 Å². The Morgan fingerprint density at radius 2 is 0.629 bits per heavy atom. The molecular formula is C56H68HfSi5. The molecular weight excluding hydrogens is 992 g/mol. The van der Waals surface area contributed by atoms with Crippen molar-refractivity contribution in [1.29, 1.82) is 0 Å². The van der Waals surface area contributed by atoms with Gasteiger partial charge >= 0.3 is 25.8 Å². The van der Waals surface area contributed by atoms with Gasteiger partial charge in [0.25, 0.3) is 0 Å². The van der Waals surface area contributed by atoms with E-state index in [0.717, 1.165) is 0 Å². The number of rotatable bonds is 10. The first-order valence-corrected chi connectivity index (χ1v) is 37.6. The van der Waals surface area contributed by atoms with E-state index in [-0.39, 0.29) is 40.7 Å². The van der Waals surface area contributed by atoms with Gasteiger partial charge in [-0.2, -0.15) is 12.1 Å². The van der Waals surface area contributed by atoms with E-state index in [1.165, 1.54) is 64.5 Å². The second-order valence-corrected chi connectivity index (χ2v) is 45.3. The Morgan fingerprint density at radius 1 is 0.323 bits per heavy atom. The van der Waals surface area contributed by atoms with Crippen LogP contribution in [0.5, 0.6) is 0 Å². The molecule has 0 nitrogen and oxygen atoms in total. The number of benzene rings is 6. The van der Waals surface area contributed by atoms with E-state index in [2.05, 4.69) is 236 Å². The molecule has 0 radical (unpaired) electrons. The molecule has 0 saturated heterocycles. The summed E-state index contributed by atoms with van der Waals surface area (Å²) in [6.45, 7) is 29.9. The molecule has 8 aromatic rings. The first-order chi connectivity index (χ1) is 27.7. The SMILES string of the molecule is C[Si](C)(C)c1cc(-c2cccc3[cH-]c([Si](c4ccccc4)(c4ccccc4)c4cc5c(-c6cc([Si](C)(C)C)cc([Si](C)(C)C)c6)cccc5[cH-]4)cc23)cc([Si](C)(C)C)c1.[CH3-].[CH3-].[Hf+4]. The third kappa shape index (κ3) is 9.34. The average Bonchev–Trinajstić information content (AvgIpc) is 3.83. The molecule has 6 heteroatoms. The van der Waals surface area contributed by atoms with Gasteiger partial charge in [-0.25, -0.2) is 0 Å². The first kappa shape index (κ1) is 49.5. The van der Waals surface area contributed by atoms with Gasteiger partial charge in [0.1, 0.15) is 8.07 Å². The summed E-state index contributed by atoms with van der Waals surface area (Å²) in [4.78, 5) is 0. The molecule has 0 N–H and O–H groups in total. The molecule has 0 fully saturated rings.